The number of hydrogen-bond donors (Lipinski definition) is 1. The number of benzene rings is 3. The van der Waals surface area contributed by atoms with E-state index in [0.29, 0.717) is 16.1 Å². The molecule has 148 valence electrons. The summed E-state index contributed by atoms with van der Waals surface area (Å²) in [7, 11) is 0. The number of amides is 1. The number of Topliss-reactive ketones (excluding diaryl/α,β-unsaturated/α-hetero) is 1. The van der Waals surface area contributed by atoms with Crippen LogP contribution in [0.3, 0.4) is 0 Å². The van der Waals surface area contributed by atoms with Crippen LogP contribution < -0.4 is 5.32 Å². The fourth-order valence-corrected chi connectivity index (χ4v) is 3.57. The predicted molar refractivity (Wildman–Crippen MR) is 115 cm³/mol. The standard InChI is InChI=1S/C23H21NO4S/c1-15(25)14-29-21-10-6-5-9-20(21)23(27)28-16(2)22(26)24-19-12-11-17-7-3-4-8-18(17)13-19/h3-13,16H,14H2,1-2H3,(H,24,26)/t16-/m1/s1. The van der Waals surface area contributed by atoms with Crippen LogP contribution in [0.1, 0.15) is 24.2 Å². The molecule has 29 heavy (non-hydrogen) atoms. The molecule has 3 aromatic carbocycles. The number of rotatable bonds is 7. The molecule has 0 unspecified atom stereocenters. The van der Waals surface area contributed by atoms with Crippen molar-refractivity contribution in [3.05, 3.63) is 72.3 Å². The number of ketones is 1. The van der Waals surface area contributed by atoms with Gasteiger partial charge in [0.25, 0.3) is 5.91 Å². The normalized spacial score (nSPS) is 11.7. The summed E-state index contributed by atoms with van der Waals surface area (Å²) in [6.07, 6.45) is -0.972. The highest BCUT2D eigenvalue weighted by Gasteiger charge is 2.21. The van der Waals surface area contributed by atoms with Crippen LogP contribution in [0, 0.1) is 0 Å². The number of anilines is 1. The third kappa shape index (κ3) is 5.45. The summed E-state index contributed by atoms with van der Waals surface area (Å²) >= 11 is 1.27. The lowest BCUT2D eigenvalue weighted by molar-refractivity contribution is -0.123. The Balaban J connectivity index is 1.66. The Morgan fingerprint density at radius 1 is 0.966 bits per heavy atom. The van der Waals surface area contributed by atoms with Crippen molar-refractivity contribution >= 4 is 45.9 Å². The number of ether oxygens (including phenoxy) is 1. The molecule has 0 aromatic heterocycles. The minimum absolute atomic E-state index is 0.0151. The van der Waals surface area contributed by atoms with Gasteiger partial charge in [0.05, 0.1) is 11.3 Å². The third-order valence-corrected chi connectivity index (χ3v) is 5.43. The molecule has 0 bridgehead atoms. The number of fused-ring (bicyclic) bond motifs is 1. The minimum Gasteiger partial charge on any atom is -0.449 e. The predicted octanol–water partition coefficient (Wildman–Crippen LogP) is 4.70. The maximum atomic E-state index is 12.6. The topological polar surface area (TPSA) is 72.5 Å². The van der Waals surface area contributed by atoms with Gasteiger partial charge in [0.2, 0.25) is 0 Å². The SMILES string of the molecule is CC(=O)CSc1ccccc1C(=O)O[C@H](C)C(=O)Nc1ccc2ccccc2c1. The first-order valence-corrected chi connectivity index (χ1v) is 10.1. The van der Waals surface area contributed by atoms with E-state index in [1.807, 2.05) is 42.5 Å². The highest BCUT2D eigenvalue weighted by Crippen LogP contribution is 2.24. The number of carbonyl (C=O) groups excluding carboxylic acids is 3. The van der Waals surface area contributed by atoms with Gasteiger partial charge >= 0.3 is 5.97 Å². The van der Waals surface area contributed by atoms with E-state index >= 15 is 0 Å². The fraction of sp³-hybridized carbons (Fsp3) is 0.174. The molecular formula is C23H21NO4S. The van der Waals surface area contributed by atoms with E-state index < -0.39 is 18.0 Å². The smallest absolute Gasteiger partial charge is 0.340 e. The highest BCUT2D eigenvalue weighted by molar-refractivity contribution is 8.00. The molecule has 3 aromatic rings. The van der Waals surface area contributed by atoms with Crippen LogP contribution in [-0.2, 0) is 14.3 Å². The van der Waals surface area contributed by atoms with Crippen molar-refractivity contribution in [2.75, 3.05) is 11.1 Å². The molecule has 0 spiro atoms. The van der Waals surface area contributed by atoms with Crippen molar-refractivity contribution in [2.45, 2.75) is 24.8 Å². The summed E-state index contributed by atoms with van der Waals surface area (Å²) in [6.45, 7) is 3.02. The van der Waals surface area contributed by atoms with Gasteiger partial charge in [0.1, 0.15) is 5.78 Å². The molecule has 6 heteroatoms. The summed E-state index contributed by atoms with van der Waals surface area (Å²) < 4.78 is 5.36. The Kier molecular flexibility index (Phi) is 6.67. The average Bonchev–Trinajstić information content (AvgIpc) is 2.72. The third-order valence-electron chi connectivity index (χ3n) is 4.21. The molecular weight excluding hydrogens is 386 g/mol. The zero-order valence-corrected chi connectivity index (χ0v) is 17.0. The number of hydrogen-bond acceptors (Lipinski definition) is 5. The summed E-state index contributed by atoms with van der Waals surface area (Å²) in [5, 5.41) is 4.86. The lowest BCUT2D eigenvalue weighted by Gasteiger charge is -2.15. The van der Waals surface area contributed by atoms with E-state index in [4.69, 9.17) is 4.74 Å². The van der Waals surface area contributed by atoms with Crippen molar-refractivity contribution < 1.29 is 19.1 Å². The Morgan fingerprint density at radius 2 is 1.66 bits per heavy atom. The Morgan fingerprint density at radius 3 is 2.41 bits per heavy atom. The average molecular weight is 407 g/mol. The molecule has 0 aliphatic carbocycles. The van der Waals surface area contributed by atoms with Crippen LogP contribution >= 0.6 is 11.8 Å². The molecule has 0 fully saturated rings. The van der Waals surface area contributed by atoms with Gasteiger partial charge in [-0.3, -0.25) is 9.59 Å². The van der Waals surface area contributed by atoms with Gasteiger partial charge in [0.15, 0.2) is 6.10 Å². The van der Waals surface area contributed by atoms with Crippen molar-refractivity contribution in [1.82, 2.24) is 0 Å². The maximum Gasteiger partial charge on any atom is 0.340 e. The van der Waals surface area contributed by atoms with Crippen LogP contribution in [0.2, 0.25) is 0 Å². The van der Waals surface area contributed by atoms with Gasteiger partial charge in [-0.05, 0) is 48.9 Å². The zero-order valence-electron chi connectivity index (χ0n) is 16.2. The van der Waals surface area contributed by atoms with E-state index in [1.54, 1.807) is 24.3 Å². The monoisotopic (exact) mass is 407 g/mol. The first-order chi connectivity index (χ1) is 13.9. The second kappa shape index (κ2) is 9.39. The number of thioether (sulfide) groups is 1. The van der Waals surface area contributed by atoms with Gasteiger partial charge in [-0.1, -0.05) is 42.5 Å². The van der Waals surface area contributed by atoms with Crippen LogP contribution in [0.4, 0.5) is 5.69 Å². The molecule has 0 saturated heterocycles. The van der Waals surface area contributed by atoms with Gasteiger partial charge in [-0.2, -0.15) is 0 Å². The van der Waals surface area contributed by atoms with Crippen molar-refractivity contribution in [1.29, 1.82) is 0 Å². The molecule has 0 saturated carbocycles. The number of nitrogens with one attached hydrogen (secondary N) is 1. The van der Waals surface area contributed by atoms with Crippen molar-refractivity contribution in [2.24, 2.45) is 0 Å². The second-order valence-corrected chi connectivity index (χ2v) is 7.60. The fourth-order valence-electron chi connectivity index (χ4n) is 2.73. The molecule has 3 rings (SSSR count). The molecule has 0 radical (unpaired) electrons. The van der Waals surface area contributed by atoms with Crippen molar-refractivity contribution in [3.63, 3.8) is 0 Å². The minimum atomic E-state index is -0.972. The first-order valence-electron chi connectivity index (χ1n) is 9.16. The van der Waals surface area contributed by atoms with Crippen LogP contribution in [0.5, 0.6) is 0 Å². The summed E-state index contributed by atoms with van der Waals surface area (Å²) in [4.78, 5) is 36.9. The lowest BCUT2D eigenvalue weighted by Crippen LogP contribution is -2.30. The quantitative estimate of drug-likeness (QED) is 0.454. The van der Waals surface area contributed by atoms with Gasteiger partial charge in [0, 0.05) is 10.6 Å². The molecule has 1 atom stereocenters. The first kappa shape index (κ1) is 20.6. The maximum absolute atomic E-state index is 12.6. The van der Waals surface area contributed by atoms with Gasteiger partial charge < -0.3 is 10.1 Å². The van der Waals surface area contributed by atoms with Crippen LogP contribution in [-0.4, -0.2) is 29.5 Å². The molecule has 0 heterocycles. The summed E-state index contributed by atoms with van der Waals surface area (Å²) in [5.74, 6) is -0.732. The zero-order chi connectivity index (χ0) is 20.8. The highest BCUT2D eigenvalue weighted by atomic mass is 32.2. The van der Waals surface area contributed by atoms with Gasteiger partial charge in [-0.15, -0.1) is 11.8 Å². The molecule has 1 amide bonds. The molecule has 0 aliphatic heterocycles. The van der Waals surface area contributed by atoms with E-state index in [0.717, 1.165) is 10.8 Å². The Hall–Kier alpha value is -3.12. The lowest BCUT2D eigenvalue weighted by atomic mass is 10.1. The summed E-state index contributed by atoms with van der Waals surface area (Å²) in [5.41, 5.74) is 0.970. The van der Waals surface area contributed by atoms with E-state index in [2.05, 4.69) is 5.32 Å². The van der Waals surface area contributed by atoms with E-state index in [9.17, 15) is 14.4 Å². The van der Waals surface area contributed by atoms with E-state index in [1.165, 1.54) is 25.6 Å². The van der Waals surface area contributed by atoms with Crippen molar-refractivity contribution in [3.8, 4) is 0 Å². The number of carbonyl (C=O) groups is 3. The molecule has 0 aliphatic rings. The Labute approximate surface area is 173 Å². The Bertz CT molecular complexity index is 1060. The molecule has 5 nitrogen and oxygen atoms in total. The number of esters is 1. The summed E-state index contributed by atoms with van der Waals surface area (Å²) in [6, 6.07) is 20.3. The molecule has 1 N–H and O–H groups in total. The largest absolute Gasteiger partial charge is 0.449 e. The van der Waals surface area contributed by atoms with Gasteiger partial charge in [-0.25, -0.2) is 4.79 Å². The van der Waals surface area contributed by atoms with Crippen LogP contribution in [0.15, 0.2) is 71.6 Å². The van der Waals surface area contributed by atoms with E-state index in [-0.39, 0.29) is 11.5 Å². The van der Waals surface area contributed by atoms with Crippen LogP contribution in [0.25, 0.3) is 10.8 Å². The second-order valence-electron chi connectivity index (χ2n) is 6.59.